The van der Waals surface area contributed by atoms with Crippen molar-refractivity contribution in [3.63, 3.8) is 0 Å². The highest BCUT2D eigenvalue weighted by atomic mass is 32.1. The molecule has 8 nitrogen and oxygen atoms in total. The second-order valence-electron chi connectivity index (χ2n) is 6.00. The fraction of sp³-hybridized carbons (Fsp3) is 0.150. The molecule has 2 aromatic carbocycles. The summed E-state index contributed by atoms with van der Waals surface area (Å²) >= 11 is 1.30. The van der Waals surface area contributed by atoms with Gasteiger partial charge in [-0.1, -0.05) is 29.5 Å². The predicted octanol–water partition coefficient (Wildman–Crippen LogP) is 2.85. The lowest BCUT2D eigenvalue weighted by Gasteiger charge is -2.02. The van der Waals surface area contributed by atoms with Gasteiger partial charge in [-0.2, -0.15) is 4.68 Å². The number of aromatic amines is 1. The van der Waals surface area contributed by atoms with Gasteiger partial charge in [0.05, 0.1) is 19.4 Å². The Balaban J connectivity index is 1.84. The molecule has 29 heavy (non-hydrogen) atoms. The van der Waals surface area contributed by atoms with Crippen LogP contribution >= 0.6 is 11.3 Å². The van der Waals surface area contributed by atoms with E-state index in [9.17, 15) is 9.59 Å². The van der Waals surface area contributed by atoms with Crippen molar-refractivity contribution in [1.82, 2.24) is 19.3 Å². The summed E-state index contributed by atoms with van der Waals surface area (Å²) in [7, 11) is 1.60. The van der Waals surface area contributed by atoms with Gasteiger partial charge in [0, 0.05) is 5.56 Å². The van der Waals surface area contributed by atoms with Crippen LogP contribution in [0.4, 0.5) is 0 Å². The van der Waals surface area contributed by atoms with E-state index in [0.29, 0.717) is 22.4 Å². The van der Waals surface area contributed by atoms with Crippen LogP contribution in [0.25, 0.3) is 22.1 Å². The van der Waals surface area contributed by atoms with E-state index >= 15 is 0 Å². The van der Waals surface area contributed by atoms with E-state index in [2.05, 4.69) is 10.1 Å². The second-order valence-corrected chi connectivity index (χ2v) is 6.96. The van der Waals surface area contributed by atoms with Gasteiger partial charge in [-0.05, 0) is 43.3 Å². The highest BCUT2D eigenvalue weighted by molar-refractivity contribution is 7.17. The predicted molar refractivity (Wildman–Crippen MR) is 111 cm³/mol. The third-order valence-corrected chi connectivity index (χ3v) is 5.22. The molecule has 0 unspecified atom stereocenters. The number of H-pyrrole nitrogens is 1. The molecule has 0 aliphatic heterocycles. The highest BCUT2D eigenvalue weighted by Crippen LogP contribution is 2.36. The van der Waals surface area contributed by atoms with Crippen LogP contribution in [0.5, 0.6) is 10.8 Å². The number of para-hydroxylation sites is 1. The normalized spacial score (nSPS) is 10.8. The number of hydrogen-bond acceptors (Lipinski definition) is 6. The first-order valence-electron chi connectivity index (χ1n) is 8.90. The fourth-order valence-corrected chi connectivity index (χ4v) is 3.82. The molecule has 0 saturated carbocycles. The van der Waals surface area contributed by atoms with E-state index in [1.807, 2.05) is 37.3 Å². The standard InChI is InChI=1S/C20H18N4O4S/c1-3-28-18-16(21-17(29-18)13-9-11-15(27-2)12-10-13)24-20(26)23(19(25)22-24)14-7-5-4-6-8-14/h4-12H,3H2,1-2H3,(H,22,25). The van der Waals surface area contributed by atoms with Crippen LogP contribution in [-0.4, -0.2) is 33.0 Å². The Bertz CT molecular complexity index is 1240. The second kappa shape index (κ2) is 7.80. The average Bonchev–Trinajstić information content (AvgIpc) is 3.29. The summed E-state index contributed by atoms with van der Waals surface area (Å²) in [4.78, 5) is 30.0. The quantitative estimate of drug-likeness (QED) is 0.528. The number of aromatic nitrogens is 4. The van der Waals surface area contributed by atoms with Crippen LogP contribution in [0.1, 0.15) is 6.92 Å². The third-order valence-electron chi connectivity index (χ3n) is 4.21. The molecule has 0 fully saturated rings. The molecule has 0 atom stereocenters. The summed E-state index contributed by atoms with van der Waals surface area (Å²) < 4.78 is 13.0. The van der Waals surface area contributed by atoms with Gasteiger partial charge in [0.2, 0.25) is 10.9 Å². The zero-order valence-electron chi connectivity index (χ0n) is 15.8. The van der Waals surface area contributed by atoms with Crippen molar-refractivity contribution in [3.05, 3.63) is 75.6 Å². The number of nitrogens with zero attached hydrogens (tertiary/aromatic N) is 3. The Labute approximate surface area is 169 Å². The number of nitrogens with one attached hydrogen (secondary N) is 1. The lowest BCUT2D eigenvalue weighted by Crippen LogP contribution is -2.27. The average molecular weight is 410 g/mol. The molecule has 0 radical (unpaired) electrons. The van der Waals surface area contributed by atoms with Crippen molar-refractivity contribution in [1.29, 1.82) is 0 Å². The Morgan fingerprint density at radius 1 is 1.07 bits per heavy atom. The first-order valence-corrected chi connectivity index (χ1v) is 9.72. The fourth-order valence-electron chi connectivity index (χ4n) is 2.85. The minimum atomic E-state index is -0.553. The van der Waals surface area contributed by atoms with Crippen LogP contribution < -0.4 is 20.9 Å². The Kier molecular flexibility index (Phi) is 5.05. The van der Waals surface area contributed by atoms with E-state index in [4.69, 9.17) is 9.47 Å². The molecule has 0 aliphatic carbocycles. The molecule has 0 saturated heterocycles. The maximum absolute atomic E-state index is 13.0. The van der Waals surface area contributed by atoms with Gasteiger partial charge >= 0.3 is 11.4 Å². The molecule has 2 aromatic heterocycles. The maximum atomic E-state index is 13.0. The maximum Gasteiger partial charge on any atom is 0.358 e. The van der Waals surface area contributed by atoms with Crippen molar-refractivity contribution >= 4 is 11.3 Å². The van der Waals surface area contributed by atoms with E-state index in [1.165, 1.54) is 11.3 Å². The molecule has 148 valence electrons. The van der Waals surface area contributed by atoms with Crippen molar-refractivity contribution in [3.8, 4) is 32.9 Å². The monoisotopic (exact) mass is 410 g/mol. The molecule has 0 aliphatic rings. The number of ether oxygens (including phenoxy) is 2. The topological polar surface area (TPSA) is 91.1 Å². The van der Waals surface area contributed by atoms with Crippen LogP contribution in [-0.2, 0) is 0 Å². The van der Waals surface area contributed by atoms with E-state index in [-0.39, 0.29) is 5.82 Å². The van der Waals surface area contributed by atoms with Gasteiger partial charge in [0.1, 0.15) is 10.8 Å². The van der Waals surface area contributed by atoms with Crippen molar-refractivity contribution in [2.75, 3.05) is 13.7 Å². The van der Waals surface area contributed by atoms with Gasteiger partial charge in [0.25, 0.3) is 0 Å². The molecule has 0 amide bonds. The summed E-state index contributed by atoms with van der Waals surface area (Å²) in [5, 5.41) is 3.67. The number of hydrogen-bond donors (Lipinski definition) is 1. The van der Waals surface area contributed by atoms with Crippen LogP contribution in [0.15, 0.2) is 64.2 Å². The smallest absolute Gasteiger partial charge is 0.358 e. The van der Waals surface area contributed by atoms with Crippen LogP contribution in [0.2, 0.25) is 0 Å². The van der Waals surface area contributed by atoms with Crippen molar-refractivity contribution in [2.24, 2.45) is 0 Å². The lowest BCUT2D eigenvalue weighted by atomic mass is 10.2. The molecular weight excluding hydrogens is 392 g/mol. The summed E-state index contributed by atoms with van der Waals surface area (Å²) in [5.74, 6) is 0.982. The summed E-state index contributed by atoms with van der Waals surface area (Å²) in [5.41, 5.74) is 0.221. The summed E-state index contributed by atoms with van der Waals surface area (Å²) in [6.45, 7) is 2.24. The molecule has 4 rings (SSSR count). The first-order chi connectivity index (χ1) is 14.1. The zero-order valence-corrected chi connectivity index (χ0v) is 16.6. The molecule has 2 heterocycles. The number of methoxy groups -OCH3 is 1. The molecule has 4 aromatic rings. The minimum absolute atomic E-state index is 0.249. The lowest BCUT2D eigenvalue weighted by molar-refractivity contribution is 0.347. The summed E-state index contributed by atoms with van der Waals surface area (Å²) in [6, 6.07) is 16.1. The minimum Gasteiger partial charge on any atom is -0.497 e. The van der Waals surface area contributed by atoms with E-state index in [1.54, 1.807) is 31.4 Å². The highest BCUT2D eigenvalue weighted by Gasteiger charge is 2.21. The van der Waals surface area contributed by atoms with Gasteiger partial charge in [-0.15, -0.1) is 0 Å². The number of rotatable bonds is 6. The molecule has 0 spiro atoms. The van der Waals surface area contributed by atoms with Gasteiger partial charge in [-0.3, -0.25) is 0 Å². The van der Waals surface area contributed by atoms with Crippen LogP contribution in [0.3, 0.4) is 0 Å². The molecule has 0 bridgehead atoms. The Morgan fingerprint density at radius 3 is 2.45 bits per heavy atom. The molecular formula is C20H18N4O4S. The van der Waals surface area contributed by atoms with E-state index in [0.717, 1.165) is 20.6 Å². The number of thiazole rings is 1. The molecule has 1 N–H and O–H groups in total. The van der Waals surface area contributed by atoms with E-state index < -0.39 is 11.4 Å². The largest absolute Gasteiger partial charge is 0.497 e. The summed E-state index contributed by atoms with van der Waals surface area (Å²) in [6.07, 6.45) is 0. The van der Waals surface area contributed by atoms with Crippen molar-refractivity contribution in [2.45, 2.75) is 6.92 Å². The van der Waals surface area contributed by atoms with Gasteiger partial charge < -0.3 is 9.47 Å². The zero-order chi connectivity index (χ0) is 20.4. The Hall–Kier alpha value is -3.59. The number of benzene rings is 2. The third kappa shape index (κ3) is 3.47. The van der Waals surface area contributed by atoms with Crippen molar-refractivity contribution < 1.29 is 9.47 Å². The van der Waals surface area contributed by atoms with Crippen LogP contribution in [0, 0.1) is 0 Å². The van der Waals surface area contributed by atoms with Gasteiger partial charge in [0.15, 0.2) is 0 Å². The SMILES string of the molecule is CCOc1sc(-c2ccc(OC)cc2)nc1-n1[nH]c(=O)n(-c2ccccc2)c1=O. The Morgan fingerprint density at radius 2 is 1.79 bits per heavy atom. The first kappa shape index (κ1) is 18.8. The molecule has 9 heteroatoms. The van der Waals surface area contributed by atoms with Gasteiger partial charge in [-0.25, -0.2) is 24.2 Å².